The Bertz CT molecular complexity index is 752. The van der Waals surface area contributed by atoms with Gasteiger partial charge in [-0.05, 0) is 49.8 Å². The predicted octanol–water partition coefficient (Wildman–Crippen LogP) is 3.50. The first-order chi connectivity index (χ1) is 11.9. The second-order valence-corrected chi connectivity index (χ2v) is 5.72. The quantitative estimate of drug-likeness (QED) is 0.475. The number of nitrogens with zero attached hydrogens (tertiary/aromatic N) is 1. The molecule has 0 aliphatic heterocycles. The largest absolute Gasteiger partial charge is 0.491 e. The summed E-state index contributed by atoms with van der Waals surface area (Å²) in [4.78, 5) is 22.0. The number of carbonyl (C=O) groups excluding carboxylic acids is 1. The topological polar surface area (TPSA) is 81.5 Å². The van der Waals surface area contributed by atoms with E-state index in [0.29, 0.717) is 12.2 Å². The number of hydrogen-bond acceptors (Lipinski definition) is 4. The molecular weight excluding hydrogens is 320 g/mol. The predicted molar refractivity (Wildman–Crippen MR) is 96.4 cm³/mol. The smallest absolute Gasteiger partial charge is 0.269 e. The fraction of sp³-hybridized carbons (Fsp3) is 0.211. The van der Waals surface area contributed by atoms with Crippen molar-refractivity contribution in [2.45, 2.75) is 19.9 Å². The molecule has 130 valence electrons. The molecule has 0 heterocycles. The molecule has 0 saturated carbocycles. The number of nitro groups is 1. The Hall–Kier alpha value is -3.15. The van der Waals surface area contributed by atoms with Crippen LogP contribution in [0.2, 0.25) is 0 Å². The molecule has 0 spiro atoms. The molecule has 0 saturated heterocycles. The summed E-state index contributed by atoms with van der Waals surface area (Å²) in [5.41, 5.74) is 1.89. The van der Waals surface area contributed by atoms with Gasteiger partial charge in [-0.15, -0.1) is 0 Å². The number of non-ortho nitro benzene ring substituents is 1. The van der Waals surface area contributed by atoms with Crippen molar-refractivity contribution in [2.24, 2.45) is 0 Å². The molecule has 6 heteroatoms. The van der Waals surface area contributed by atoms with E-state index in [9.17, 15) is 14.9 Å². The lowest BCUT2D eigenvalue weighted by Gasteiger charge is -2.14. The van der Waals surface area contributed by atoms with Crippen molar-refractivity contribution < 1.29 is 14.5 Å². The van der Waals surface area contributed by atoms with E-state index in [1.54, 1.807) is 18.2 Å². The van der Waals surface area contributed by atoms with Gasteiger partial charge < -0.3 is 10.1 Å². The summed E-state index contributed by atoms with van der Waals surface area (Å²) < 4.78 is 5.62. The highest BCUT2D eigenvalue weighted by Gasteiger charge is 2.06. The third-order valence-corrected chi connectivity index (χ3v) is 3.44. The molecule has 0 fully saturated rings. The molecule has 2 aromatic carbocycles. The number of ether oxygens (including phenoxy) is 1. The van der Waals surface area contributed by atoms with Crippen molar-refractivity contribution in [3.63, 3.8) is 0 Å². The first-order valence-corrected chi connectivity index (χ1v) is 7.86. The van der Waals surface area contributed by atoms with Crippen LogP contribution in [0.3, 0.4) is 0 Å². The van der Waals surface area contributed by atoms with E-state index in [1.807, 2.05) is 38.1 Å². The van der Waals surface area contributed by atoms with Crippen molar-refractivity contribution >= 4 is 17.7 Å². The van der Waals surface area contributed by atoms with Gasteiger partial charge in [0.05, 0.1) is 11.0 Å². The summed E-state index contributed by atoms with van der Waals surface area (Å²) in [6.45, 7) is 4.22. The fourth-order valence-electron chi connectivity index (χ4n) is 2.07. The molecule has 0 aliphatic rings. The number of rotatable bonds is 7. The SMILES string of the molecule is Cc1ccc(OCC(C)NC(=O)/C=C/c2ccc([N+](=O)[O-])cc2)cc1. The van der Waals surface area contributed by atoms with Crippen LogP contribution in [-0.4, -0.2) is 23.5 Å². The standard InChI is InChI=1S/C19H20N2O4/c1-14-3-10-18(11-4-14)25-13-15(2)20-19(22)12-7-16-5-8-17(9-6-16)21(23)24/h3-12,15H,13H2,1-2H3,(H,20,22)/b12-7+. The molecule has 25 heavy (non-hydrogen) atoms. The highest BCUT2D eigenvalue weighted by molar-refractivity contribution is 5.91. The monoisotopic (exact) mass is 340 g/mol. The highest BCUT2D eigenvalue weighted by atomic mass is 16.6. The van der Waals surface area contributed by atoms with Gasteiger partial charge in [0.1, 0.15) is 12.4 Å². The van der Waals surface area contributed by atoms with Gasteiger partial charge in [0.2, 0.25) is 5.91 Å². The van der Waals surface area contributed by atoms with Crippen molar-refractivity contribution in [1.29, 1.82) is 0 Å². The lowest BCUT2D eigenvalue weighted by molar-refractivity contribution is -0.384. The van der Waals surface area contributed by atoms with E-state index in [1.165, 1.54) is 18.2 Å². The summed E-state index contributed by atoms with van der Waals surface area (Å²) in [6, 6.07) is 13.5. The van der Waals surface area contributed by atoms with Crippen LogP contribution in [0.15, 0.2) is 54.6 Å². The molecule has 0 aliphatic carbocycles. The average Bonchev–Trinajstić information content (AvgIpc) is 2.60. The van der Waals surface area contributed by atoms with Crippen molar-refractivity contribution in [3.05, 3.63) is 75.8 Å². The first-order valence-electron chi connectivity index (χ1n) is 7.86. The van der Waals surface area contributed by atoms with E-state index >= 15 is 0 Å². The van der Waals surface area contributed by atoms with Crippen LogP contribution in [-0.2, 0) is 4.79 Å². The van der Waals surface area contributed by atoms with E-state index in [4.69, 9.17) is 4.74 Å². The molecule has 1 amide bonds. The average molecular weight is 340 g/mol. The Labute approximate surface area is 146 Å². The minimum absolute atomic E-state index is 0.0171. The first kappa shape index (κ1) is 18.2. The lowest BCUT2D eigenvalue weighted by Crippen LogP contribution is -2.35. The van der Waals surface area contributed by atoms with Gasteiger partial charge in [0.25, 0.3) is 5.69 Å². The zero-order chi connectivity index (χ0) is 18.2. The van der Waals surface area contributed by atoms with Crippen molar-refractivity contribution in [3.8, 4) is 5.75 Å². The summed E-state index contributed by atoms with van der Waals surface area (Å²) in [6.07, 6.45) is 3.00. The number of carbonyl (C=O) groups is 1. The Balaban J connectivity index is 1.80. The maximum absolute atomic E-state index is 11.9. The van der Waals surface area contributed by atoms with Gasteiger partial charge in [-0.3, -0.25) is 14.9 Å². The normalized spacial score (nSPS) is 11.9. The molecule has 2 aromatic rings. The Morgan fingerprint density at radius 2 is 1.84 bits per heavy atom. The maximum Gasteiger partial charge on any atom is 0.269 e. The van der Waals surface area contributed by atoms with E-state index in [2.05, 4.69) is 5.32 Å². The Morgan fingerprint density at radius 3 is 2.44 bits per heavy atom. The molecular formula is C19H20N2O4. The number of nitro benzene ring substituents is 1. The van der Waals surface area contributed by atoms with Gasteiger partial charge in [-0.25, -0.2) is 0 Å². The molecule has 0 aromatic heterocycles. The number of amides is 1. The second-order valence-electron chi connectivity index (χ2n) is 5.72. The Morgan fingerprint density at radius 1 is 1.20 bits per heavy atom. The molecule has 0 bridgehead atoms. The van der Waals surface area contributed by atoms with Gasteiger partial charge in [-0.2, -0.15) is 0 Å². The molecule has 0 radical (unpaired) electrons. The van der Waals surface area contributed by atoms with Crippen molar-refractivity contribution in [2.75, 3.05) is 6.61 Å². The minimum atomic E-state index is -0.462. The second kappa shape index (κ2) is 8.63. The zero-order valence-electron chi connectivity index (χ0n) is 14.1. The van der Waals surface area contributed by atoms with Crippen molar-refractivity contribution in [1.82, 2.24) is 5.32 Å². The summed E-state index contributed by atoms with van der Waals surface area (Å²) >= 11 is 0. The van der Waals surface area contributed by atoms with E-state index in [0.717, 1.165) is 11.3 Å². The van der Waals surface area contributed by atoms with Crippen LogP contribution >= 0.6 is 0 Å². The van der Waals surface area contributed by atoms with Gasteiger partial charge >= 0.3 is 0 Å². The summed E-state index contributed by atoms with van der Waals surface area (Å²) in [5.74, 6) is 0.506. The van der Waals surface area contributed by atoms with Crippen LogP contribution in [0.5, 0.6) is 5.75 Å². The van der Waals surface area contributed by atoms with Crippen LogP contribution in [0.25, 0.3) is 6.08 Å². The molecule has 6 nitrogen and oxygen atoms in total. The zero-order valence-corrected chi connectivity index (χ0v) is 14.1. The van der Waals surface area contributed by atoms with Crippen LogP contribution in [0, 0.1) is 17.0 Å². The van der Waals surface area contributed by atoms with E-state index < -0.39 is 4.92 Å². The third kappa shape index (κ3) is 6.10. The van der Waals surface area contributed by atoms with Crippen LogP contribution in [0.1, 0.15) is 18.1 Å². The van der Waals surface area contributed by atoms with Crippen LogP contribution in [0.4, 0.5) is 5.69 Å². The van der Waals surface area contributed by atoms with Gasteiger partial charge in [-0.1, -0.05) is 17.7 Å². The third-order valence-electron chi connectivity index (χ3n) is 3.44. The molecule has 1 atom stereocenters. The lowest BCUT2D eigenvalue weighted by atomic mass is 10.2. The molecule has 1 unspecified atom stereocenters. The van der Waals surface area contributed by atoms with Gasteiger partial charge in [0.15, 0.2) is 0 Å². The maximum atomic E-state index is 11.9. The number of nitrogens with one attached hydrogen (secondary N) is 1. The highest BCUT2D eigenvalue weighted by Crippen LogP contribution is 2.13. The summed E-state index contributed by atoms with van der Waals surface area (Å²) in [5, 5.41) is 13.4. The summed E-state index contributed by atoms with van der Waals surface area (Å²) in [7, 11) is 0. The van der Waals surface area contributed by atoms with E-state index in [-0.39, 0.29) is 17.6 Å². The van der Waals surface area contributed by atoms with Gasteiger partial charge in [0, 0.05) is 18.2 Å². The Kier molecular flexibility index (Phi) is 6.28. The number of benzene rings is 2. The molecule has 2 rings (SSSR count). The minimum Gasteiger partial charge on any atom is -0.491 e. The van der Waals surface area contributed by atoms with Crippen LogP contribution < -0.4 is 10.1 Å². The fourth-order valence-corrected chi connectivity index (χ4v) is 2.07. The number of hydrogen-bond donors (Lipinski definition) is 1. The number of aryl methyl sites for hydroxylation is 1. The molecule has 1 N–H and O–H groups in total.